The maximum atomic E-state index is 13.9. The summed E-state index contributed by atoms with van der Waals surface area (Å²) in [6.45, 7) is 13.7. The SMILES string of the molecule is CCCCCCCC[PH](CCCCCCCC)(CCCCCCCC)OC(=O)/C=C\C(=O)O[PH](CCCCCCCC)(CCCCCCCC)CCCCCCCC.[SnH2]. The zero-order chi connectivity index (χ0) is 42.7. The topological polar surface area (TPSA) is 52.6 Å². The van der Waals surface area contributed by atoms with Gasteiger partial charge in [0.25, 0.3) is 0 Å². The Morgan fingerprint density at radius 2 is 0.441 bits per heavy atom. The Hall–Kier alpha value is 0.339. The zero-order valence-electron chi connectivity index (χ0n) is 41.2. The van der Waals surface area contributed by atoms with E-state index in [0.29, 0.717) is 0 Å². The van der Waals surface area contributed by atoms with E-state index in [1.807, 2.05) is 0 Å². The first-order valence-corrected chi connectivity index (χ1v) is 31.6. The molecule has 7 heteroatoms. The van der Waals surface area contributed by atoms with E-state index in [2.05, 4.69) is 41.5 Å². The zero-order valence-corrected chi connectivity index (χ0v) is 47.2. The van der Waals surface area contributed by atoms with Crippen LogP contribution in [0.3, 0.4) is 0 Å². The Morgan fingerprint density at radius 3 is 0.610 bits per heavy atom. The molecule has 0 bridgehead atoms. The fraction of sp³-hybridized carbons (Fsp3) is 0.923. The van der Waals surface area contributed by atoms with Crippen LogP contribution >= 0.6 is 15.0 Å². The van der Waals surface area contributed by atoms with Gasteiger partial charge in [0.15, 0.2) is 0 Å². The fourth-order valence-corrected chi connectivity index (χ4v) is 17.5. The molecular weight excluding hydrogens is 869 g/mol. The number of unbranched alkanes of at least 4 members (excludes halogenated alkanes) is 30. The first kappa shape index (κ1) is 61.4. The van der Waals surface area contributed by atoms with Crippen molar-refractivity contribution >= 4 is 50.8 Å². The van der Waals surface area contributed by atoms with Gasteiger partial charge in [0.2, 0.25) is 0 Å². The van der Waals surface area contributed by atoms with Crippen LogP contribution in [0, 0.1) is 0 Å². The molecule has 0 saturated heterocycles. The van der Waals surface area contributed by atoms with Crippen molar-refractivity contribution in [2.45, 2.75) is 273 Å². The monoisotopic (exact) mass is 979 g/mol. The first-order chi connectivity index (χ1) is 28.4. The van der Waals surface area contributed by atoms with Crippen molar-refractivity contribution in [3.63, 3.8) is 0 Å². The molecule has 0 saturated carbocycles. The van der Waals surface area contributed by atoms with E-state index >= 15 is 0 Å². The van der Waals surface area contributed by atoms with E-state index in [0.717, 1.165) is 37.0 Å². The second-order valence-corrected chi connectivity index (χ2v) is 26.8. The molecule has 2 radical (unpaired) electrons. The molecule has 4 nitrogen and oxygen atoms in total. The van der Waals surface area contributed by atoms with Crippen LogP contribution in [0.15, 0.2) is 12.2 Å². The van der Waals surface area contributed by atoms with Crippen molar-refractivity contribution in [3.05, 3.63) is 12.2 Å². The average Bonchev–Trinajstić information content (AvgIpc) is 3.22. The standard InChI is InChI=1S/C52H106O4P2.Sn.2H/c1-7-13-19-25-31-37-45-57(46-38-32-26-20-14-8-2,47-39-33-27-21-15-9-3)55-51(53)43-44-52(54)56-58(48-40-34-28-22-16-10-4,49-41-35-29-23-17-11-5)50-42-36-30-24-18-12-6;;;/h43-44,57-58H,7-42,45-50H2,1-6H3;;;/b44-43-;;;. The third kappa shape index (κ3) is 38.5. The molecule has 0 aliphatic rings. The van der Waals surface area contributed by atoms with Crippen LogP contribution in [-0.2, 0) is 18.6 Å². The predicted octanol–water partition coefficient (Wildman–Crippen LogP) is 17.2. The van der Waals surface area contributed by atoms with Gasteiger partial charge >= 0.3 is 391 Å². The molecule has 0 aromatic rings. The summed E-state index contributed by atoms with van der Waals surface area (Å²) >= 11 is 0. The van der Waals surface area contributed by atoms with Gasteiger partial charge in [-0.05, 0) is 0 Å². The quantitative estimate of drug-likeness (QED) is 0.0264. The minimum absolute atomic E-state index is 0. The molecule has 0 aliphatic heterocycles. The summed E-state index contributed by atoms with van der Waals surface area (Å²) in [4.78, 5) is 27.7. The normalized spacial score (nSPS) is 12.5. The second kappa shape index (κ2) is 46.3. The van der Waals surface area contributed by atoms with E-state index in [4.69, 9.17) is 9.05 Å². The number of carbonyl (C=O) groups excluding carboxylic acids is 2. The van der Waals surface area contributed by atoms with Crippen LogP contribution in [-0.4, -0.2) is 72.8 Å². The van der Waals surface area contributed by atoms with Crippen molar-refractivity contribution < 1.29 is 18.6 Å². The van der Waals surface area contributed by atoms with Gasteiger partial charge in [0.05, 0.1) is 0 Å². The number of hydrogen-bond acceptors (Lipinski definition) is 4. The van der Waals surface area contributed by atoms with Crippen LogP contribution in [0.5, 0.6) is 0 Å². The molecule has 0 aromatic carbocycles. The summed E-state index contributed by atoms with van der Waals surface area (Å²) in [6.07, 6.45) is 55.0. The molecule has 0 unspecified atom stereocenters. The predicted molar refractivity (Wildman–Crippen MR) is 276 cm³/mol. The molecule has 0 spiro atoms. The van der Waals surface area contributed by atoms with Crippen LogP contribution < -0.4 is 0 Å². The molecule has 0 aromatic heterocycles. The maximum absolute atomic E-state index is 13.9. The summed E-state index contributed by atoms with van der Waals surface area (Å²) in [6, 6.07) is 0. The first-order valence-electron chi connectivity index (χ1n) is 26.5. The molecule has 0 heterocycles. The molecule has 59 heavy (non-hydrogen) atoms. The molecule has 0 amide bonds. The number of rotatable bonds is 46. The van der Waals surface area contributed by atoms with Crippen molar-refractivity contribution in [1.29, 1.82) is 0 Å². The summed E-state index contributed by atoms with van der Waals surface area (Å²) in [7, 11) is -4.64. The Kier molecular flexibility index (Phi) is 48.2. The fourth-order valence-electron chi connectivity index (χ4n) is 9.05. The Labute approximate surface area is 389 Å². The summed E-state index contributed by atoms with van der Waals surface area (Å²) < 4.78 is 13.5. The second-order valence-electron chi connectivity index (χ2n) is 18.6. The summed E-state index contributed by atoms with van der Waals surface area (Å²) in [5, 5.41) is 0. The molecule has 0 atom stereocenters. The van der Waals surface area contributed by atoms with Crippen molar-refractivity contribution in [1.82, 2.24) is 0 Å². The Morgan fingerprint density at radius 1 is 0.288 bits per heavy atom. The van der Waals surface area contributed by atoms with Crippen LogP contribution in [0.25, 0.3) is 0 Å². The minimum atomic E-state index is -2.32. The summed E-state index contributed by atoms with van der Waals surface area (Å²) in [5.74, 6) is -0.553. The van der Waals surface area contributed by atoms with Gasteiger partial charge in [-0.25, -0.2) is 0 Å². The van der Waals surface area contributed by atoms with Crippen molar-refractivity contribution in [3.8, 4) is 0 Å². The van der Waals surface area contributed by atoms with E-state index in [-0.39, 0.29) is 35.8 Å². The number of carbonyl (C=O) groups is 2. The van der Waals surface area contributed by atoms with Gasteiger partial charge in [-0.2, -0.15) is 0 Å². The molecule has 0 aliphatic carbocycles. The van der Waals surface area contributed by atoms with Gasteiger partial charge in [0.1, 0.15) is 0 Å². The van der Waals surface area contributed by atoms with Gasteiger partial charge < -0.3 is 0 Å². The van der Waals surface area contributed by atoms with E-state index < -0.39 is 15.0 Å². The number of hydrogen-bond donors (Lipinski definition) is 0. The Balaban J connectivity index is 0. The Bertz CT molecular complexity index is 775. The van der Waals surface area contributed by atoms with Crippen LogP contribution in [0.2, 0.25) is 0 Å². The van der Waals surface area contributed by atoms with E-state index in [1.165, 1.54) is 243 Å². The van der Waals surface area contributed by atoms with E-state index in [9.17, 15) is 9.59 Å². The van der Waals surface area contributed by atoms with Gasteiger partial charge in [-0.3, -0.25) is 0 Å². The average molecular weight is 978 g/mol. The molecule has 0 fully saturated rings. The molecule has 354 valence electrons. The van der Waals surface area contributed by atoms with Gasteiger partial charge in [-0.15, -0.1) is 0 Å². The molecular formula is C52H108O4P2Sn. The molecule has 0 N–H and O–H groups in total. The third-order valence-electron chi connectivity index (χ3n) is 12.9. The van der Waals surface area contributed by atoms with Gasteiger partial charge in [0, 0.05) is 0 Å². The van der Waals surface area contributed by atoms with Crippen molar-refractivity contribution in [2.75, 3.05) is 37.0 Å². The summed E-state index contributed by atoms with van der Waals surface area (Å²) in [5.41, 5.74) is 0. The van der Waals surface area contributed by atoms with Crippen LogP contribution in [0.4, 0.5) is 0 Å². The van der Waals surface area contributed by atoms with Crippen molar-refractivity contribution in [2.24, 2.45) is 0 Å². The third-order valence-corrected chi connectivity index (χ3v) is 21.8. The molecule has 0 rings (SSSR count). The van der Waals surface area contributed by atoms with E-state index in [1.54, 1.807) is 0 Å². The van der Waals surface area contributed by atoms with Gasteiger partial charge in [-0.1, -0.05) is 0 Å². The van der Waals surface area contributed by atoms with Crippen LogP contribution in [0.1, 0.15) is 273 Å².